The third kappa shape index (κ3) is 4.71. The van der Waals surface area contributed by atoms with E-state index in [1.54, 1.807) is 6.33 Å². The van der Waals surface area contributed by atoms with Crippen LogP contribution in [0.5, 0.6) is 0 Å². The monoisotopic (exact) mass is 387 g/mol. The molecule has 1 aliphatic heterocycles. The van der Waals surface area contributed by atoms with Crippen molar-refractivity contribution >= 4 is 11.8 Å². The SMILES string of the molecule is Cc1ccc(CNC(=O)N2CCN(c3cc(-c4ccccc4)ncn3)CC2)cc1. The molecule has 1 aromatic heterocycles. The number of hydrogen-bond donors (Lipinski definition) is 1. The number of benzene rings is 2. The number of nitrogens with zero attached hydrogens (tertiary/aromatic N) is 4. The van der Waals surface area contributed by atoms with Crippen LogP contribution in [0, 0.1) is 6.92 Å². The van der Waals surface area contributed by atoms with Crippen molar-refractivity contribution in [2.75, 3.05) is 31.1 Å². The number of urea groups is 1. The molecule has 1 aliphatic rings. The van der Waals surface area contributed by atoms with Gasteiger partial charge in [0.1, 0.15) is 12.1 Å². The number of aryl methyl sites for hydroxylation is 1. The van der Waals surface area contributed by atoms with Crippen molar-refractivity contribution in [2.45, 2.75) is 13.5 Å². The molecule has 0 atom stereocenters. The predicted octanol–water partition coefficient (Wildman–Crippen LogP) is 3.48. The second kappa shape index (κ2) is 8.73. The first kappa shape index (κ1) is 18.9. The van der Waals surface area contributed by atoms with E-state index in [9.17, 15) is 4.79 Å². The average Bonchev–Trinajstić information content (AvgIpc) is 2.79. The van der Waals surface area contributed by atoms with Crippen LogP contribution < -0.4 is 10.2 Å². The molecule has 0 unspecified atom stereocenters. The minimum Gasteiger partial charge on any atom is -0.353 e. The van der Waals surface area contributed by atoms with E-state index in [2.05, 4.69) is 39.2 Å². The van der Waals surface area contributed by atoms with Crippen molar-refractivity contribution in [3.05, 3.63) is 78.1 Å². The normalized spacial score (nSPS) is 14.0. The molecule has 2 amide bonds. The molecule has 6 nitrogen and oxygen atoms in total. The maximum atomic E-state index is 12.5. The van der Waals surface area contributed by atoms with Crippen molar-refractivity contribution in [3.8, 4) is 11.3 Å². The van der Waals surface area contributed by atoms with Gasteiger partial charge in [0, 0.05) is 44.4 Å². The summed E-state index contributed by atoms with van der Waals surface area (Å²) in [6, 6.07) is 20.3. The van der Waals surface area contributed by atoms with E-state index in [0.29, 0.717) is 19.6 Å². The van der Waals surface area contributed by atoms with Crippen molar-refractivity contribution in [1.29, 1.82) is 0 Å². The zero-order valence-electron chi connectivity index (χ0n) is 16.6. The van der Waals surface area contributed by atoms with Gasteiger partial charge in [-0.25, -0.2) is 14.8 Å². The molecular formula is C23H25N5O. The summed E-state index contributed by atoms with van der Waals surface area (Å²) in [6.45, 7) is 5.45. The average molecular weight is 387 g/mol. The highest BCUT2D eigenvalue weighted by molar-refractivity contribution is 5.74. The Hall–Kier alpha value is -3.41. The number of hydrogen-bond acceptors (Lipinski definition) is 4. The predicted molar refractivity (Wildman–Crippen MR) is 115 cm³/mol. The van der Waals surface area contributed by atoms with Crippen LogP contribution in [0.25, 0.3) is 11.3 Å². The quantitative estimate of drug-likeness (QED) is 0.745. The smallest absolute Gasteiger partial charge is 0.317 e. The fourth-order valence-corrected chi connectivity index (χ4v) is 3.42. The van der Waals surface area contributed by atoms with E-state index in [-0.39, 0.29) is 6.03 Å². The first-order valence-electron chi connectivity index (χ1n) is 9.90. The number of nitrogens with one attached hydrogen (secondary N) is 1. The van der Waals surface area contributed by atoms with Gasteiger partial charge in [-0.15, -0.1) is 0 Å². The third-order valence-corrected chi connectivity index (χ3v) is 5.18. The van der Waals surface area contributed by atoms with Crippen LogP contribution in [0.4, 0.5) is 10.6 Å². The Kier molecular flexibility index (Phi) is 5.70. The lowest BCUT2D eigenvalue weighted by molar-refractivity contribution is 0.194. The Balaban J connectivity index is 1.32. The number of piperazine rings is 1. The number of rotatable bonds is 4. The molecule has 0 bridgehead atoms. The standard InChI is InChI=1S/C23H25N5O/c1-18-7-9-19(10-8-18)16-24-23(29)28-13-11-27(12-14-28)22-15-21(25-17-26-22)20-5-3-2-4-6-20/h2-10,15,17H,11-14,16H2,1H3,(H,24,29). The van der Waals surface area contributed by atoms with Gasteiger partial charge in [-0.3, -0.25) is 0 Å². The number of carbonyl (C=O) groups is 1. The summed E-state index contributed by atoms with van der Waals surface area (Å²) in [5, 5.41) is 3.02. The highest BCUT2D eigenvalue weighted by atomic mass is 16.2. The molecule has 0 saturated carbocycles. The molecule has 29 heavy (non-hydrogen) atoms. The topological polar surface area (TPSA) is 61.4 Å². The van der Waals surface area contributed by atoms with Crippen molar-refractivity contribution in [2.24, 2.45) is 0 Å². The van der Waals surface area contributed by atoms with Crippen molar-refractivity contribution < 1.29 is 4.79 Å². The Bertz CT molecular complexity index is 951. The Morgan fingerprint density at radius 2 is 1.69 bits per heavy atom. The second-order valence-corrected chi connectivity index (χ2v) is 7.25. The first-order chi connectivity index (χ1) is 14.2. The highest BCUT2D eigenvalue weighted by Gasteiger charge is 2.22. The molecule has 0 radical (unpaired) electrons. The van der Waals surface area contributed by atoms with Crippen LogP contribution in [-0.2, 0) is 6.54 Å². The molecule has 148 valence electrons. The fraction of sp³-hybridized carbons (Fsp3) is 0.261. The van der Waals surface area contributed by atoms with Crippen LogP contribution in [0.2, 0.25) is 0 Å². The minimum atomic E-state index is -0.0158. The van der Waals surface area contributed by atoms with Crippen LogP contribution in [0.1, 0.15) is 11.1 Å². The van der Waals surface area contributed by atoms with E-state index in [0.717, 1.165) is 35.7 Å². The Morgan fingerprint density at radius 1 is 0.966 bits per heavy atom. The van der Waals surface area contributed by atoms with Crippen LogP contribution >= 0.6 is 0 Å². The lowest BCUT2D eigenvalue weighted by Gasteiger charge is -2.35. The molecule has 0 spiro atoms. The summed E-state index contributed by atoms with van der Waals surface area (Å²) in [7, 11) is 0. The number of aromatic nitrogens is 2. The molecule has 4 rings (SSSR count). The van der Waals surface area contributed by atoms with Gasteiger partial charge in [-0.1, -0.05) is 60.2 Å². The van der Waals surface area contributed by atoms with Gasteiger partial charge in [0.05, 0.1) is 5.69 Å². The first-order valence-corrected chi connectivity index (χ1v) is 9.90. The third-order valence-electron chi connectivity index (χ3n) is 5.18. The number of amides is 2. The van der Waals surface area contributed by atoms with E-state index < -0.39 is 0 Å². The Labute approximate surface area is 171 Å². The summed E-state index contributed by atoms with van der Waals surface area (Å²) in [5.74, 6) is 0.901. The Morgan fingerprint density at radius 3 is 2.41 bits per heavy atom. The van der Waals surface area contributed by atoms with Gasteiger partial charge in [-0.05, 0) is 12.5 Å². The van der Waals surface area contributed by atoms with Gasteiger partial charge < -0.3 is 15.1 Å². The number of carbonyl (C=O) groups excluding carboxylic acids is 1. The molecule has 2 heterocycles. The highest BCUT2D eigenvalue weighted by Crippen LogP contribution is 2.21. The maximum Gasteiger partial charge on any atom is 0.317 e. The zero-order chi connectivity index (χ0) is 20.1. The summed E-state index contributed by atoms with van der Waals surface area (Å²) in [6.07, 6.45) is 1.61. The van der Waals surface area contributed by atoms with Crippen LogP contribution in [0.3, 0.4) is 0 Å². The molecule has 0 aliphatic carbocycles. The van der Waals surface area contributed by atoms with Crippen molar-refractivity contribution in [3.63, 3.8) is 0 Å². The van der Waals surface area contributed by atoms with Gasteiger partial charge in [0.15, 0.2) is 0 Å². The van der Waals surface area contributed by atoms with E-state index >= 15 is 0 Å². The summed E-state index contributed by atoms with van der Waals surface area (Å²) in [4.78, 5) is 25.4. The minimum absolute atomic E-state index is 0.0158. The van der Waals surface area contributed by atoms with Gasteiger partial charge in [-0.2, -0.15) is 0 Å². The molecule has 1 fully saturated rings. The fourth-order valence-electron chi connectivity index (χ4n) is 3.42. The lowest BCUT2D eigenvalue weighted by Crippen LogP contribution is -2.51. The summed E-state index contributed by atoms with van der Waals surface area (Å²) < 4.78 is 0. The van der Waals surface area contributed by atoms with E-state index in [4.69, 9.17) is 0 Å². The second-order valence-electron chi connectivity index (χ2n) is 7.25. The van der Waals surface area contributed by atoms with Gasteiger partial charge in [0.25, 0.3) is 0 Å². The molecule has 3 aromatic rings. The zero-order valence-corrected chi connectivity index (χ0v) is 16.6. The molecule has 1 N–H and O–H groups in total. The lowest BCUT2D eigenvalue weighted by atomic mass is 10.1. The largest absolute Gasteiger partial charge is 0.353 e. The number of anilines is 1. The van der Waals surface area contributed by atoms with Gasteiger partial charge in [0.2, 0.25) is 0 Å². The van der Waals surface area contributed by atoms with Crippen LogP contribution in [-0.4, -0.2) is 47.1 Å². The summed E-state index contributed by atoms with van der Waals surface area (Å²) in [5.41, 5.74) is 4.31. The molecule has 1 saturated heterocycles. The maximum absolute atomic E-state index is 12.5. The van der Waals surface area contributed by atoms with Gasteiger partial charge >= 0.3 is 6.03 Å². The molecule has 2 aromatic carbocycles. The van der Waals surface area contributed by atoms with E-state index in [1.807, 2.05) is 53.4 Å². The molecular weight excluding hydrogens is 362 g/mol. The van der Waals surface area contributed by atoms with E-state index in [1.165, 1.54) is 5.56 Å². The molecule has 6 heteroatoms. The summed E-state index contributed by atoms with van der Waals surface area (Å²) >= 11 is 0. The van der Waals surface area contributed by atoms with Crippen molar-refractivity contribution in [1.82, 2.24) is 20.2 Å². The van der Waals surface area contributed by atoms with Crippen LogP contribution in [0.15, 0.2) is 67.0 Å².